The summed E-state index contributed by atoms with van der Waals surface area (Å²) in [5.74, 6) is 1.26. The van der Waals surface area contributed by atoms with Crippen molar-refractivity contribution < 1.29 is 9.47 Å². The first kappa shape index (κ1) is 15.5. The molecule has 2 rings (SSSR count). The van der Waals surface area contributed by atoms with Crippen LogP contribution in [-0.2, 0) is 6.61 Å². The van der Waals surface area contributed by atoms with Gasteiger partial charge in [-0.3, -0.25) is 5.41 Å². The number of nitrogen functional groups attached to an aromatic ring is 1. The van der Waals surface area contributed by atoms with Crippen LogP contribution in [0.5, 0.6) is 11.5 Å². The summed E-state index contributed by atoms with van der Waals surface area (Å²) in [4.78, 5) is 0. The van der Waals surface area contributed by atoms with Crippen molar-refractivity contribution in [1.29, 1.82) is 5.41 Å². The highest BCUT2D eigenvalue weighted by Crippen LogP contribution is 2.28. The lowest BCUT2D eigenvalue weighted by Crippen LogP contribution is -2.12. The molecule has 110 valence electrons. The summed E-state index contributed by atoms with van der Waals surface area (Å²) in [6.45, 7) is 0.266. The highest BCUT2D eigenvalue weighted by atomic mass is 35.5. The molecule has 0 atom stereocenters. The Hall–Kier alpha value is -1.91. The third kappa shape index (κ3) is 3.80. The molecule has 0 saturated heterocycles. The van der Waals surface area contributed by atoms with Gasteiger partial charge in [-0.1, -0.05) is 23.2 Å². The van der Waals surface area contributed by atoms with Crippen molar-refractivity contribution in [2.45, 2.75) is 6.61 Å². The number of halogens is 2. The molecule has 6 heteroatoms. The minimum atomic E-state index is -0.00607. The number of nitrogens with two attached hydrogens (primary N) is 1. The quantitative estimate of drug-likeness (QED) is 0.648. The Morgan fingerprint density at radius 3 is 2.52 bits per heavy atom. The van der Waals surface area contributed by atoms with Crippen LogP contribution in [0.2, 0.25) is 10.0 Å². The molecule has 0 aliphatic carbocycles. The Kier molecular flexibility index (Phi) is 4.94. The maximum absolute atomic E-state index is 7.47. The summed E-state index contributed by atoms with van der Waals surface area (Å²) in [5, 5.41) is 8.37. The average Bonchev–Trinajstić information content (AvgIpc) is 2.48. The molecule has 2 aromatic carbocycles. The number of nitrogens with one attached hydrogen (secondary N) is 1. The molecule has 0 saturated carbocycles. The van der Waals surface area contributed by atoms with E-state index in [9.17, 15) is 0 Å². The second-order valence-corrected chi connectivity index (χ2v) is 5.12. The molecule has 0 aliphatic rings. The van der Waals surface area contributed by atoms with Crippen molar-refractivity contribution in [2.24, 2.45) is 5.73 Å². The standard InChI is InChI=1S/C15H14Cl2N2O2/c1-20-14-5-2-9(15(18)19)6-10(14)8-21-11-3-4-12(16)13(17)7-11/h2-7H,8H2,1H3,(H3,18,19). The van der Waals surface area contributed by atoms with Gasteiger partial charge in [-0.25, -0.2) is 0 Å². The van der Waals surface area contributed by atoms with Crippen LogP contribution >= 0.6 is 23.2 Å². The number of rotatable bonds is 5. The molecule has 0 unspecified atom stereocenters. The van der Waals surface area contributed by atoms with E-state index in [1.165, 1.54) is 0 Å². The molecule has 0 aliphatic heterocycles. The first-order valence-electron chi connectivity index (χ1n) is 6.10. The second kappa shape index (κ2) is 6.70. The molecule has 21 heavy (non-hydrogen) atoms. The summed E-state index contributed by atoms with van der Waals surface area (Å²) >= 11 is 11.8. The van der Waals surface area contributed by atoms with Gasteiger partial charge in [-0.15, -0.1) is 0 Å². The summed E-state index contributed by atoms with van der Waals surface area (Å²) in [6, 6.07) is 10.3. The van der Waals surface area contributed by atoms with Crippen LogP contribution < -0.4 is 15.2 Å². The summed E-state index contributed by atoms with van der Waals surface area (Å²) < 4.78 is 10.9. The van der Waals surface area contributed by atoms with Crippen LogP contribution in [0.15, 0.2) is 36.4 Å². The van der Waals surface area contributed by atoms with Crippen molar-refractivity contribution in [3.63, 3.8) is 0 Å². The van der Waals surface area contributed by atoms with Gasteiger partial charge in [0, 0.05) is 17.2 Å². The number of hydrogen-bond acceptors (Lipinski definition) is 3. The van der Waals surface area contributed by atoms with E-state index in [-0.39, 0.29) is 12.4 Å². The lowest BCUT2D eigenvalue weighted by molar-refractivity contribution is 0.296. The number of benzene rings is 2. The zero-order valence-corrected chi connectivity index (χ0v) is 12.8. The van der Waals surface area contributed by atoms with Gasteiger partial charge in [0.15, 0.2) is 0 Å². The zero-order chi connectivity index (χ0) is 15.4. The predicted octanol–water partition coefficient (Wildman–Crippen LogP) is 3.87. The van der Waals surface area contributed by atoms with E-state index in [1.54, 1.807) is 43.5 Å². The molecule has 0 spiro atoms. The van der Waals surface area contributed by atoms with Gasteiger partial charge in [0.1, 0.15) is 23.9 Å². The monoisotopic (exact) mass is 324 g/mol. The Bertz CT molecular complexity index is 675. The van der Waals surface area contributed by atoms with E-state index >= 15 is 0 Å². The summed E-state index contributed by atoms with van der Waals surface area (Å²) in [7, 11) is 1.57. The topological polar surface area (TPSA) is 68.3 Å². The molecule has 0 fully saturated rings. The van der Waals surface area contributed by atoms with Crippen LogP contribution in [0.3, 0.4) is 0 Å². The molecular weight excluding hydrogens is 311 g/mol. The molecule has 0 aromatic heterocycles. The minimum absolute atomic E-state index is 0.00607. The first-order chi connectivity index (χ1) is 10.0. The lowest BCUT2D eigenvalue weighted by atomic mass is 10.1. The van der Waals surface area contributed by atoms with E-state index < -0.39 is 0 Å². The maximum atomic E-state index is 7.47. The van der Waals surface area contributed by atoms with Crippen LogP contribution in [0, 0.1) is 5.41 Å². The lowest BCUT2D eigenvalue weighted by Gasteiger charge is -2.12. The van der Waals surface area contributed by atoms with Gasteiger partial charge < -0.3 is 15.2 Å². The Morgan fingerprint density at radius 1 is 1.14 bits per heavy atom. The largest absolute Gasteiger partial charge is 0.496 e. The normalized spacial score (nSPS) is 10.2. The van der Waals surface area contributed by atoms with Crippen molar-refractivity contribution >= 4 is 29.0 Å². The van der Waals surface area contributed by atoms with Crippen LogP contribution in [0.1, 0.15) is 11.1 Å². The van der Waals surface area contributed by atoms with E-state index in [1.807, 2.05) is 0 Å². The van der Waals surface area contributed by atoms with Gasteiger partial charge in [-0.05, 0) is 30.3 Å². The number of amidine groups is 1. The van der Waals surface area contributed by atoms with Crippen molar-refractivity contribution in [3.05, 3.63) is 57.6 Å². The van der Waals surface area contributed by atoms with Crippen molar-refractivity contribution in [3.8, 4) is 11.5 Å². The molecular formula is C15H14Cl2N2O2. The van der Waals surface area contributed by atoms with E-state index in [0.29, 0.717) is 27.1 Å². The van der Waals surface area contributed by atoms with Gasteiger partial charge in [0.05, 0.1) is 17.2 Å². The van der Waals surface area contributed by atoms with E-state index in [0.717, 1.165) is 5.56 Å². The van der Waals surface area contributed by atoms with Crippen molar-refractivity contribution in [1.82, 2.24) is 0 Å². The van der Waals surface area contributed by atoms with E-state index in [4.69, 9.17) is 43.8 Å². The average molecular weight is 325 g/mol. The fourth-order valence-corrected chi connectivity index (χ4v) is 2.07. The fraction of sp³-hybridized carbons (Fsp3) is 0.133. The Morgan fingerprint density at radius 2 is 1.90 bits per heavy atom. The maximum Gasteiger partial charge on any atom is 0.125 e. The van der Waals surface area contributed by atoms with E-state index in [2.05, 4.69) is 0 Å². The van der Waals surface area contributed by atoms with Gasteiger partial charge in [0.25, 0.3) is 0 Å². The second-order valence-electron chi connectivity index (χ2n) is 4.30. The molecule has 2 aromatic rings. The Balaban J connectivity index is 2.19. The molecule has 4 nitrogen and oxygen atoms in total. The number of ether oxygens (including phenoxy) is 2. The molecule has 3 N–H and O–H groups in total. The van der Waals surface area contributed by atoms with Crippen LogP contribution in [0.25, 0.3) is 0 Å². The number of methoxy groups -OCH3 is 1. The smallest absolute Gasteiger partial charge is 0.125 e. The van der Waals surface area contributed by atoms with Gasteiger partial charge in [0.2, 0.25) is 0 Å². The summed E-state index contributed by atoms with van der Waals surface area (Å²) in [6.07, 6.45) is 0. The molecule has 0 bridgehead atoms. The number of hydrogen-bond donors (Lipinski definition) is 2. The summed E-state index contributed by atoms with van der Waals surface area (Å²) in [5.41, 5.74) is 6.89. The first-order valence-corrected chi connectivity index (χ1v) is 6.86. The fourth-order valence-electron chi connectivity index (χ4n) is 1.79. The van der Waals surface area contributed by atoms with Gasteiger partial charge in [-0.2, -0.15) is 0 Å². The minimum Gasteiger partial charge on any atom is -0.496 e. The SMILES string of the molecule is COc1ccc(C(=N)N)cc1COc1ccc(Cl)c(Cl)c1. The highest BCUT2D eigenvalue weighted by molar-refractivity contribution is 6.42. The molecule has 0 heterocycles. The van der Waals surface area contributed by atoms with Crippen LogP contribution in [0.4, 0.5) is 0 Å². The molecule has 0 amide bonds. The van der Waals surface area contributed by atoms with Crippen molar-refractivity contribution in [2.75, 3.05) is 7.11 Å². The zero-order valence-electron chi connectivity index (χ0n) is 11.3. The predicted molar refractivity (Wildman–Crippen MR) is 84.8 cm³/mol. The Labute approximate surface area is 132 Å². The van der Waals surface area contributed by atoms with Crippen LogP contribution in [-0.4, -0.2) is 12.9 Å². The molecule has 0 radical (unpaired) electrons. The van der Waals surface area contributed by atoms with Gasteiger partial charge >= 0.3 is 0 Å². The third-order valence-corrected chi connectivity index (χ3v) is 3.62. The third-order valence-electron chi connectivity index (χ3n) is 2.88. The highest BCUT2D eigenvalue weighted by Gasteiger charge is 2.08.